The third-order valence-corrected chi connectivity index (χ3v) is 12.1. The maximum Gasteiger partial charge on any atom is 0.333 e. The number of esters is 1. The predicted octanol–water partition coefficient (Wildman–Crippen LogP) is 1.14. The first-order valence-electron chi connectivity index (χ1n) is 21.2. The first kappa shape index (κ1) is 45.1. The zero-order chi connectivity index (χ0) is 44.8. The van der Waals surface area contributed by atoms with E-state index >= 15 is 0 Å². The molecule has 0 bridgehead atoms. The molecule has 3 fully saturated rings. The number of nitrogens with one attached hydrogen (secondary N) is 3. The molecule has 6 rings (SSSR count). The van der Waals surface area contributed by atoms with Crippen molar-refractivity contribution >= 4 is 58.7 Å². The van der Waals surface area contributed by atoms with Crippen molar-refractivity contribution in [2.45, 2.75) is 108 Å². The Morgan fingerprint density at radius 1 is 0.839 bits per heavy atom. The summed E-state index contributed by atoms with van der Waals surface area (Å²) in [7, 11) is 5.26. The largest absolute Gasteiger partial charge is 0.458 e. The van der Waals surface area contributed by atoms with Gasteiger partial charge >= 0.3 is 5.97 Å². The van der Waals surface area contributed by atoms with Crippen molar-refractivity contribution in [3.63, 3.8) is 0 Å². The summed E-state index contributed by atoms with van der Waals surface area (Å²) in [5.74, 6) is -6.04. The molecule has 3 heterocycles. The van der Waals surface area contributed by atoms with Crippen LogP contribution in [-0.4, -0.2) is 138 Å². The van der Waals surface area contributed by atoms with Crippen LogP contribution in [0, 0.1) is 0 Å². The molecule has 330 valence electrons. The van der Waals surface area contributed by atoms with Crippen LogP contribution in [0.2, 0.25) is 0 Å². The van der Waals surface area contributed by atoms with E-state index < -0.39 is 89.6 Å². The molecular formula is C45H55N7O10. The average molecular weight is 854 g/mol. The van der Waals surface area contributed by atoms with Crippen molar-refractivity contribution in [3.05, 3.63) is 77.4 Å². The van der Waals surface area contributed by atoms with Gasteiger partial charge in [-0.25, -0.2) is 4.79 Å². The van der Waals surface area contributed by atoms with E-state index in [9.17, 15) is 43.2 Å². The van der Waals surface area contributed by atoms with E-state index in [1.807, 2.05) is 43.3 Å². The number of likely N-dealkylation sites (N-methyl/N-ethyl adjacent to an activating group) is 1. The number of allylic oxidation sites excluding steroid dienone is 1. The van der Waals surface area contributed by atoms with E-state index in [1.54, 1.807) is 37.3 Å². The van der Waals surface area contributed by atoms with E-state index in [-0.39, 0.29) is 68.5 Å². The van der Waals surface area contributed by atoms with Crippen molar-refractivity contribution in [2.24, 2.45) is 0 Å². The van der Waals surface area contributed by atoms with E-state index in [0.29, 0.717) is 18.4 Å². The third kappa shape index (κ3) is 9.87. The van der Waals surface area contributed by atoms with Crippen molar-refractivity contribution in [1.82, 2.24) is 30.7 Å². The molecule has 1 aliphatic carbocycles. The van der Waals surface area contributed by atoms with Gasteiger partial charge < -0.3 is 40.3 Å². The maximum absolute atomic E-state index is 14.9. The number of carbonyl (C=O) groups is 9. The SMILES string of the molecule is CC[C@H]1NC(=O)[C@@H](NC(=O)C2=CCCC2=O)[C@@H](C)OC(=O)[C@H](c2ccccc2)NC(=O)[C@@H]2CC(=O)CCN2C(=O)[C@H](Cc2ccc(N(C)C)cc2)N(C)C(=O)[C@@H]2CCCN2C1=O. The number of Topliss-reactive ketones (excluding diaryl/α,β-unsaturated/α-hetero) is 2. The van der Waals surface area contributed by atoms with Crippen LogP contribution in [0.3, 0.4) is 0 Å². The zero-order valence-corrected chi connectivity index (χ0v) is 35.8. The molecule has 17 nitrogen and oxygen atoms in total. The Labute approximate surface area is 360 Å². The molecule has 0 aromatic heterocycles. The zero-order valence-electron chi connectivity index (χ0n) is 35.8. The molecule has 2 aromatic carbocycles. The van der Waals surface area contributed by atoms with Crippen LogP contribution >= 0.6 is 0 Å². The van der Waals surface area contributed by atoms with Crippen LogP contribution in [0.5, 0.6) is 0 Å². The lowest BCUT2D eigenvalue weighted by Gasteiger charge is -2.40. The minimum atomic E-state index is -1.63. The highest BCUT2D eigenvalue weighted by molar-refractivity contribution is 6.21. The van der Waals surface area contributed by atoms with E-state index in [4.69, 9.17) is 4.74 Å². The molecule has 7 atom stereocenters. The highest BCUT2D eigenvalue weighted by Gasteiger charge is 2.46. The molecule has 62 heavy (non-hydrogen) atoms. The van der Waals surface area contributed by atoms with Gasteiger partial charge in [0.15, 0.2) is 11.8 Å². The van der Waals surface area contributed by atoms with Crippen LogP contribution in [0.4, 0.5) is 5.69 Å². The summed E-state index contributed by atoms with van der Waals surface area (Å²) >= 11 is 0. The van der Waals surface area contributed by atoms with Gasteiger partial charge in [-0.15, -0.1) is 0 Å². The third-order valence-electron chi connectivity index (χ3n) is 12.1. The second kappa shape index (κ2) is 19.5. The van der Waals surface area contributed by atoms with E-state index in [1.165, 1.54) is 34.7 Å². The Morgan fingerprint density at radius 3 is 2.18 bits per heavy atom. The molecule has 3 N–H and O–H groups in total. The summed E-state index contributed by atoms with van der Waals surface area (Å²) in [5.41, 5.74) is 1.74. The summed E-state index contributed by atoms with van der Waals surface area (Å²) in [4.78, 5) is 132. The topological polar surface area (TPSA) is 212 Å². The van der Waals surface area contributed by atoms with Crippen molar-refractivity contribution in [2.75, 3.05) is 39.1 Å². The van der Waals surface area contributed by atoms with Gasteiger partial charge in [-0.1, -0.05) is 55.5 Å². The molecular weight excluding hydrogens is 799 g/mol. The number of cyclic esters (lactones) is 1. The van der Waals surface area contributed by atoms with E-state index in [0.717, 1.165) is 5.69 Å². The number of ketones is 2. The summed E-state index contributed by atoms with van der Waals surface area (Å²) in [6.07, 6.45) is 0.905. The molecule has 0 spiro atoms. The van der Waals surface area contributed by atoms with E-state index in [2.05, 4.69) is 16.0 Å². The Bertz CT molecular complexity index is 2120. The highest BCUT2D eigenvalue weighted by atomic mass is 16.5. The normalized spacial score (nSPS) is 27.0. The minimum Gasteiger partial charge on any atom is -0.458 e. The van der Waals surface area contributed by atoms with Gasteiger partial charge in [0.05, 0.1) is 5.57 Å². The standard InChI is InChI=1S/C45H55N7O10/c1-6-32-42(58)51-22-11-15-33(51)43(59)50(5)35(24-27-17-19-29(20-18-27)49(3)4)44(60)52-23-21-30(53)25-34(52)40(56)48-38(28-12-8-7-9-13-28)45(61)62-26(2)37(41(57)46-32)47-39(55)31-14-10-16-36(31)54/h7-9,12-14,17-20,26,32-35,37-38H,6,10-11,15-16,21-25H2,1-5H3,(H,46,57)(H,47,55)(H,48,56)/t26-,32-,33+,34+,35+,37+,38+/m1/s1. The fourth-order valence-corrected chi connectivity index (χ4v) is 8.45. The number of rotatable bonds is 7. The van der Waals surface area contributed by atoms with Crippen LogP contribution in [0.15, 0.2) is 66.2 Å². The molecule has 0 saturated carbocycles. The first-order chi connectivity index (χ1) is 29.6. The van der Waals surface area contributed by atoms with Gasteiger partial charge in [0.1, 0.15) is 42.1 Å². The van der Waals surface area contributed by atoms with Crippen LogP contribution < -0.4 is 20.9 Å². The fraction of sp³-hybridized carbons (Fsp3) is 0.489. The van der Waals surface area contributed by atoms with Gasteiger partial charge in [-0.05, 0) is 55.9 Å². The fourth-order valence-electron chi connectivity index (χ4n) is 8.45. The van der Waals surface area contributed by atoms with Crippen LogP contribution in [0.1, 0.15) is 76.0 Å². The monoisotopic (exact) mass is 853 g/mol. The lowest BCUT2D eigenvalue weighted by molar-refractivity contribution is -0.157. The molecule has 0 unspecified atom stereocenters. The number of benzene rings is 2. The van der Waals surface area contributed by atoms with Gasteiger partial charge in [-0.3, -0.25) is 38.4 Å². The number of carbonyl (C=O) groups excluding carboxylic acids is 9. The number of ether oxygens (including phenoxy) is 1. The smallest absolute Gasteiger partial charge is 0.333 e. The predicted molar refractivity (Wildman–Crippen MR) is 225 cm³/mol. The van der Waals surface area contributed by atoms with Crippen molar-refractivity contribution < 1.29 is 47.9 Å². The summed E-state index contributed by atoms with van der Waals surface area (Å²) in [6.45, 7) is 3.06. The minimum absolute atomic E-state index is 0.0361. The Kier molecular flexibility index (Phi) is 14.2. The summed E-state index contributed by atoms with van der Waals surface area (Å²) < 4.78 is 5.85. The lowest BCUT2D eigenvalue weighted by Crippen LogP contribution is -2.61. The first-order valence-corrected chi connectivity index (χ1v) is 21.2. The number of nitrogens with zero attached hydrogens (tertiary/aromatic N) is 4. The summed E-state index contributed by atoms with van der Waals surface area (Å²) in [6, 6.07) is 7.62. The molecule has 6 amide bonds. The Morgan fingerprint density at radius 2 is 1.53 bits per heavy atom. The molecule has 3 aliphatic heterocycles. The van der Waals surface area contributed by atoms with Gasteiger partial charge in [0.25, 0.3) is 5.91 Å². The van der Waals surface area contributed by atoms with Gasteiger partial charge in [0.2, 0.25) is 29.5 Å². The Balaban J connectivity index is 1.43. The quantitative estimate of drug-likeness (QED) is 0.266. The number of anilines is 1. The Hall–Kier alpha value is -6.39. The highest BCUT2D eigenvalue weighted by Crippen LogP contribution is 2.27. The summed E-state index contributed by atoms with van der Waals surface area (Å²) in [5, 5.41) is 7.91. The molecule has 2 aromatic rings. The van der Waals surface area contributed by atoms with Gasteiger partial charge in [-0.2, -0.15) is 0 Å². The molecule has 0 radical (unpaired) electrons. The van der Waals surface area contributed by atoms with Crippen molar-refractivity contribution in [1.29, 1.82) is 0 Å². The van der Waals surface area contributed by atoms with Gasteiger partial charge in [0, 0.05) is 65.6 Å². The number of piperidine rings is 1. The van der Waals surface area contributed by atoms with Crippen LogP contribution in [0.25, 0.3) is 0 Å². The van der Waals surface area contributed by atoms with Crippen LogP contribution in [-0.2, 0) is 54.3 Å². The molecule has 4 aliphatic rings. The second-order valence-corrected chi connectivity index (χ2v) is 16.5. The second-order valence-electron chi connectivity index (χ2n) is 16.5. The molecule has 17 heteroatoms. The number of fused-ring (bicyclic) bond motifs is 2. The molecule has 3 saturated heterocycles. The average Bonchev–Trinajstić information content (AvgIpc) is 3.94. The van der Waals surface area contributed by atoms with Crippen molar-refractivity contribution in [3.8, 4) is 0 Å². The number of amides is 6. The number of hydrogen-bond donors (Lipinski definition) is 3. The number of hydrogen-bond acceptors (Lipinski definition) is 11. The lowest BCUT2D eigenvalue weighted by atomic mass is 9.95. The maximum atomic E-state index is 14.9.